The molecule has 1 rings (SSSR count). The number of rotatable bonds is 5. The molecule has 1 unspecified atom stereocenters. The minimum absolute atomic E-state index is 0.184. The number of nitriles is 1. The monoisotopic (exact) mass is 166 g/mol. The van der Waals surface area contributed by atoms with Gasteiger partial charge in [0.25, 0.3) is 0 Å². The van der Waals surface area contributed by atoms with Gasteiger partial charge in [0, 0.05) is 13.1 Å². The van der Waals surface area contributed by atoms with Gasteiger partial charge in [0.2, 0.25) is 0 Å². The zero-order chi connectivity index (χ0) is 8.97. The molecule has 1 fully saturated rings. The molecule has 0 heterocycles. The molecular formula is C10H18N2. The Morgan fingerprint density at radius 2 is 2.25 bits per heavy atom. The molecule has 2 nitrogen and oxygen atoms in total. The number of hydrogen-bond donors (Lipinski definition) is 0. The molecule has 0 saturated heterocycles. The fraction of sp³-hybridized carbons (Fsp3) is 0.900. The molecule has 0 radical (unpaired) electrons. The molecule has 1 atom stereocenters. The number of nitrogens with zero attached hydrogens (tertiary/aromatic N) is 2. The lowest BCUT2D eigenvalue weighted by Crippen LogP contribution is -2.29. The third-order valence-corrected chi connectivity index (χ3v) is 2.41. The molecule has 12 heavy (non-hydrogen) atoms. The van der Waals surface area contributed by atoms with Gasteiger partial charge in [-0.25, -0.2) is 0 Å². The molecule has 1 aliphatic rings. The van der Waals surface area contributed by atoms with E-state index in [9.17, 15) is 0 Å². The molecule has 0 bridgehead atoms. The standard InChI is InChI=1S/C10H18N2/c1-3-12(7-9(2)6-11)8-10-4-5-10/h9-10H,3-5,7-8H2,1-2H3. The predicted molar refractivity (Wildman–Crippen MR) is 49.6 cm³/mol. The first-order valence-electron chi connectivity index (χ1n) is 4.88. The van der Waals surface area contributed by atoms with Crippen LogP contribution in [0.3, 0.4) is 0 Å². The highest BCUT2D eigenvalue weighted by atomic mass is 15.1. The SMILES string of the molecule is CCN(CC(C)C#N)CC1CC1. The average Bonchev–Trinajstić information content (AvgIpc) is 2.86. The first kappa shape index (κ1) is 9.54. The van der Waals surface area contributed by atoms with Gasteiger partial charge in [-0.05, 0) is 32.2 Å². The van der Waals surface area contributed by atoms with Gasteiger partial charge in [-0.3, -0.25) is 0 Å². The van der Waals surface area contributed by atoms with Crippen molar-refractivity contribution in [1.82, 2.24) is 4.90 Å². The van der Waals surface area contributed by atoms with Gasteiger partial charge in [-0.2, -0.15) is 5.26 Å². The van der Waals surface area contributed by atoms with Crippen molar-refractivity contribution in [1.29, 1.82) is 5.26 Å². The van der Waals surface area contributed by atoms with Crippen LogP contribution >= 0.6 is 0 Å². The summed E-state index contributed by atoms with van der Waals surface area (Å²) >= 11 is 0. The highest BCUT2D eigenvalue weighted by molar-refractivity contribution is 4.83. The quantitative estimate of drug-likeness (QED) is 0.623. The lowest BCUT2D eigenvalue weighted by atomic mass is 10.2. The van der Waals surface area contributed by atoms with Crippen LogP contribution in [0, 0.1) is 23.2 Å². The molecule has 0 N–H and O–H groups in total. The van der Waals surface area contributed by atoms with Crippen LogP contribution in [0.5, 0.6) is 0 Å². The Morgan fingerprint density at radius 1 is 1.58 bits per heavy atom. The highest BCUT2D eigenvalue weighted by Gasteiger charge is 2.23. The smallest absolute Gasteiger partial charge is 0.0666 e. The fourth-order valence-corrected chi connectivity index (χ4v) is 1.43. The summed E-state index contributed by atoms with van der Waals surface area (Å²) < 4.78 is 0. The lowest BCUT2D eigenvalue weighted by molar-refractivity contribution is 0.258. The molecule has 0 aromatic heterocycles. The van der Waals surface area contributed by atoms with Crippen molar-refractivity contribution < 1.29 is 0 Å². The summed E-state index contributed by atoms with van der Waals surface area (Å²) in [4.78, 5) is 2.39. The van der Waals surface area contributed by atoms with Crippen molar-refractivity contribution in [2.24, 2.45) is 11.8 Å². The molecular weight excluding hydrogens is 148 g/mol. The molecule has 0 aromatic rings. The summed E-state index contributed by atoms with van der Waals surface area (Å²) in [5, 5.41) is 8.65. The van der Waals surface area contributed by atoms with Gasteiger partial charge >= 0.3 is 0 Å². The van der Waals surface area contributed by atoms with Gasteiger partial charge in [0.1, 0.15) is 0 Å². The summed E-state index contributed by atoms with van der Waals surface area (Å²) in [5.74, 6) is 1.12. The summed E-state index contributed by atoms with van der Waals surface area (Å²) in [6, 6.07) is 2.28. The summed E-state index contributed by atoms with van der Waals surface area (Å²) in [5.41, 5.74) is 0. The average molecular weight is 166 g/mol. The van der Waals surface area contributed by atoms with Crippen molar-refractivity contribution >= 4 is 0 Å². The van der Waals surface area contributed by atoms with Crippen molar-refractivity contribution in [3.8, 4) is 6.07 Å². The minimum Gasteiger partial charge on any atom is -0.302 e. The van der Waals surface area contributed by atoms with Crippen LogP contribution in [0.15, 0.2) is 0 Å². The molecule has 0 spiro atoms. The van der Waals surface area contributed by atoms with Gasteiger partial charge in [0.15, 0.2) is 0 Å². The van der Waals surface area contributed by atoms with E-state index in [0.29, 0.717) is 0 Å². The Hall–Kier alpha value is -0.550. The van der Waals surface area contributed by atoms with E-state index in [1.165, 1.54) is 19.4 Å². The second-order valence-electron chi connectivity index (χ2n) is 3.83. The zero-order valence-electron chi connectivity index (χ0n) is 8.08. The van der Waals surface area contributed by atoms with Gasteiger partial charge < -0.3 is 4.90 Å². The number of hydrogen-bond acceptors (Lipinski definition) is 2. The Kier molecular flexibility index (Phi) is 3.55. The fourth-order valence-electron chi connectivity index (χ4n) is 1.43. The van der Waals surface area contributed by atoms with E-state index in [1.807, 2.05) is 6.92 Å². The predicted octanol–water partition coefficient (Wildman–Crippen LogP) is 1.88. The largest absolute Gasteiger partial charge is 0.302 e. The normalized spacial score (nSPS) is 19.2. The van der Waals surface area contributed by atoms with Crippen LogP contribution in [0.4, 0.5) is 0 Å². The maximum absolute atomic E-state index is 8.65. The third-order valence-electron chi connectivity index (χ3n) is 2.41. The van der Waals surface area contributed by atoms with Crippen molar-refractivity contribution in [3.05, 3.63) is 0 Å². The van der Waals surface area contributed by atoms with Crippen molar-refractivity contribution in [2.45, 2.75) is 26.7 Å². The van der Waals surface area contributed by atoms with E-state index >= 15 is 0 Å². The zero-order valence-corrected chi connectivity index (χ0v) is 8.08. The van der Waals surface area contributed by atoms with E-state index in [2.05, 4.69) is 17.9 Å². The second kappa shape index (κ2) is 4.47. The van der Waals surface area contributed by atoms with Crippen LogP contribution in [-0.4, -0.2) is 24.5 Å². The van der Waals surface area contributed by atoms with E-state index in [-0.39, 0.29) is 5.92 Å². The third kappa shape index (κ3) is 3.23. The van der Waals surface area contributed by atoms with Crippen LogP contribution < -0.4 is 0 Å². The van der Waals surface area contributed by atoms with Crippen LogP contribution in [0.25, 0.3) is 0 Å². The molecule has 2 heteroatoms. The summed E-state index contributed by atoms with van der Waals surface area (Å²) in [6.45, 7) is 7.41. The molecule has 1 aliphatic carbocycles. The maximum atomic E-state index is 8.65. The van der Waals surface area contributed by atoms with E-state index in [1.54, 1.807) is 0 Å². The van der Waals surface area contributed by atoms with Crippen molar-refractivity contribution in [3.63, 3.8) is 0 Å². The molecule has 1 saturated carbocycles. The summed E-state index contributed by atoms with van der Waals surface area (Å²) in [6.07, 6.45) is 2.80. The molecule has 0 aromatic carbocycles. The topological polar surface area (TPSA) is 27.0 Å². The minimum atomic E-state index is 0.184. The van der Waals surface area contributed by atoms with Gasteiger partial charge in [-0.1, -0.05) is 6.92 Å². The first-order chi connectivity index (χ1) is 5.76. The Labute approximate surface area is 75.2 Å². The molecule has 68 valence electrons. The van der Waals surface area contributed by atoms with Gasteiger partial charge in [0.05, 0.1) is 12.0 Å². The van der Waals surface area contributed by atoms with E-state index < -0.39 is 0 Å². The Balaban J connectivity index is 2.19. The highest BCUT2D eigenvalue weighted by Crippen LogP contribution is 2.29. The van der Waals surface area contributed by atoms with E-state index in [0.717, 1.165) is 19.0 Å². The Bertz CT molecular complexity index is 167. The molecule has 0 amide bonds. The Morgan fingerprint density at radius 3 is 2.67 bits per heavy atom. The lowest BCUT2D eigenvalue weighted by Gasteiger charge is -2.20. The second-order valence-corrected chi connectivity index (χ2v) is 3.83. The van der Waals surface area contributed by atoms with E-state index in [4.69, 9.17) is 5.26 Å². The van der Waals surface area contributed by atoms with Gasteiger partial charge in [-0.15, -0.1) is 0 Å². The molecule has 0 aliphatic heterocycles. The van der Waals surface area contributed by atoms with Crippen LogP contribution in [-0.2, 0) is 0 Å². The van der Waals surface area contributed by atoms with Crippen LogP contribution in [0.1, 0.15) is 26.7 Å². The maximum Gasteiger partial charge on any atom is 0.0666 e. The van der Waals surface area contributed by atoms with Crippen LogP contribution in [0.2, 0.25) is 0 Å². The first-order valence-corrected chi connectivity index (χ1v) is 4.88. The van der Waals surface area contributed by atoms with Crippen molar-refractivity contribution in [2.75, 3.05) is 19.6 Å². The summed E-state index contributed by atoms with van der Waals surface area (Å²) in [7, 11) is 0.